The third kappa shape index (κ3) is 4.71. The van der Waals surface area contributed by atoms with Crippen molar-refractivity contribution in [2.75, 3.05) is 37.4 Å². The molecule has 1 N–H and O–H groups in total. The van der Waals surface area contributed by atoms with E-state index in [-0.39, 0.29) is 23.8 Å². The Labute approximate surface area is 187 Å². The monoisotopic (exact) mass is 460 g/mol. The highest BCUT2D eigenvalue weighted by Gasteiger charge is 2.23. The van der Waals surface area contributed by atoms with E-state index in [1.807, 2.05) is 0 Å². The van der Waals surface area contributed by atoms with Crippen molar-refractivity contribution in [2.45, 2.75) is 31.7 Å². The molecule has 9 nitrogen and oxygen atoms in total. The lowest BCUT2D eigenvalue weighted by Crippen LogP contribution is -2.30. The Kier molecular flexibility index (Phi) is 7.05. The second kappa shape index (κ2) is 9.58. The summed E-state index contributed by atoms with van der Waals surface area (Å²) in [6, 6.07) is 11.7. The van der Waals surface area contributed by atoms with Crippen molar-refractivity contribution >= 4 is 38.4 Å². The summed E-state index contributed by atoms with van der Waals surface area (Å²) < 4.78 is 33.8. The number of nitrogens with zero attached hydrogens (tertiary/aromatic N) is 3. The van der Waals surface area contributed by atoms with E-state index in [4.69, 9.17) is 4.42 Å². The Balaban J connectivity index is 1.84. The van der Waals surface area contributed by atoms with Crippen LogP contribution < -0.4 is 16.0 Å². The van der Waals surface area contributed by atoms with Crippen LogP contribution in [0.4, 0.5) is 11.4 Å². The molecule has 0 radical (unpaired) electrons. The first-order valence-corrected chi connectivity index (χ1v) is 11.8. The number of carbonyl (C=O) groups excluding carboxylic acids is 1. The Morgan fingerprint density at radius 1 is 1.09 bits per heavy atom. The number of hydrogen-bond acceptors (Lipinski definition) is 6. The highest BCUT2D eigenvalue weighted by molar-refractivity contribution is 7.89. The van der Waals surface area contributed by atoms with Gasteiger partial charge in [0.15, 0.2) is 5.58 Å². The van der Waals surface area contributed by atoms with Crippen LogP contribution in [0.2, 0.25) is 0 Å². The van der Waals surface area contributed by atoms with E-state index in [9.17, 15) is 18.0 Å². The molecule has 3 rings (SSSR count). The molecule has 0 atom stereocenters. The van der Waals surface area contributed by atoms with E-state index >= 15 is 0 Å². The van der Waals surface area contributed by atoms with Gasteiger partial charge in [0.2, 0.25) is 15.9 Å². The second-order valence-electron chi connectivity index (χ2n) is 7.45. The van der Waals surface area contributed by atoms with Crippen LogP contribution in [0.15, 0.2) is 56.6 Å². The van der Waals surface area contributed by atoms with Crippen LogP contribution >= 0.6 is 0 Å². The lowest BCUT2D eigenvalue weighted by Gasteiger charge is -2.22. The zero-order chi connectivity index (χ0) is 23.5. The SMILES string of the molecule is CCN(CC)S(=O)(=O)c1ccc(N(C)C)c(NC(=O)CCn2c(=O)oc3ccccc32)c1. The predicted molar refractivity (Wildman–Crippen MR) is 125 cm³/mol. The number of sulfonamides is 1. The van der Waals surface area contributed by atoms with Crippen molar-refractivity contribution in [2.24, 2.45) is 0 Å². The number of aryl methyl sites for hydroxylation is 1. The van der Waals surface area contributed by atoms with E-state index in [1.165, 1.54) is 21.0 Å². The summed E-state index contributed by atoms with van der Waals surface area (Å²) in [5.41, 5.74) is 2.13. The standard InChI is InChI=1S/C22H28N4O5S/c1-5-25(6-2)32(29,30)16-11-12-18(24(3)4)17(15-16)23-21(27)13-14-26-19-9-7-8-10-20(19)31-22(26)28/h7-12,15H,5-6,13-14H2,1-4H3,(H,23,27). The lowest BCUT2D eigenvalue weighted by atomic mass is 10.2. The molecule has 0 fully saturated rings. The maximum atomic E-state index is 12.9. The highest BCUT2D eigenvalue weighted by Crippen LogP contribution is 2.29. The van der Waals surface area contributed by atoms with Crippen LogP contribution in [0.3, 0.4) is 0 Å². The number of anilines is 2. The van der Waals surface area contributed by atoms with Crippen molar-refractivity contribution in [3.8, 4) is 0 Å². The van der Waals surface area contributed by atoms with Crippen molar-refractivity contribution in [3.05, 3.63) is 53.0 Å². The molecule has 0 spiro atoms. The second-order valence-corrected chi connectivity index (χ2v) is 9.39. The molecule has 3 aromatic rings. The van der Waals surface area contributed by atoms with Gasteiger partial charge in [-0.05, 0) is 30.3 Å². The van der Waals surface area contributed by atoms with E-state index < -0.39 is 15.8 Å². The minimum absolute atomic E-state index is 0.0172. The summed E-state index contributed by atoms with van der Waals surface area (Å²) in [5.74, 6) is -0.872. The zero-order valence-electron chi connectivity index (χ0n) is 18.7. The van der Waals surface area contributed by atoms with E-state index in [0.29, 0.717) is 35.6 Å². The summed E-state index contributed by atoms with van der Waals surface area (Å²) in [6.45, 7) is 4.39. The maximum absolute atomic E-state index is 12.9. The average Bonchev–Trinajstić information content (AvgIpc) is 3.07. The summed E-state index contributed by atoms with van der Waals surface area (Å²) in [6.07, 6.45) is 0.0172. The van der Waals surface area contributed by atoms with Gasteiger partial charge in [-0.25, -0.2) is 13.2 Å². The molecule has 0 saturated heterocycles. The van der Waals surface area contributed by atoms with Gasteiger partial charge >= 0.3 is 5.76 Å². The molecule has 0 aliphatic rings. The summed E-state index contributed by atoms with van der Waals surface area (Å²) in [7, 11) is -0.0614. The quantitative estimate of drug-likeness (QED) is 0.526. The number of amides is 1. The number of carbonyl (C=O) groups is 1. The van der Waals surface area contributed by atoms with E-state index in [1.54, 1.807) is 63.2 Å². The number of nitrogens with one attached hydrogen (secondary N) is 1. The minimum atomic E-state index is -3.67. The molecular formula is C22H28N4O5S. The largest absolute Gasteiger partial charge is 0.419 e. The average molecular weight is 461 g/mol. The number of aromatic nitrogens is 1. The maximum Gasteiger partial charge on any atom is 0.419 e. The number of oxazole rings is 1. The molecule has 172 valence electrons. The van der Waals surface area contributed by atoms with Crippen LogP contribution in [0.1, 0.15) is 20.3 Å². The molecule has 10 heteroatoms. The van der Waals surface area contributed by atoms with Crippen LogP contribution in [0.5, 0.6) is 0 Å². The Morgan fingerprint density at radius 3 is 2.44 bits per heavy atom. The zero-order valence-corrected chi connectivity index (χ0v) is 19.5. The fourth-order valence-electron chi connectivity index (χ4n) is 3.53. The Bertz CT molecular complexity index is 1270. The Hall–Kier alpha value is -3.11. The van der Waals surface area contributed by atoms with Crippen LogP contribution in [-0.2, 0) is 21.4 Å². The molecule has 1 heterocycles. The molecule has 0 unspecified atom stereocenters. The number of rotatable bonds is 9. The smallest absolute Gasteiger partial charge is 0.408 e. The molecule has 2 aromatic carbocycles. The predicted octanol–water partition coefficient (Wildman–Crippen LogP) is 2.72. The fraction of sp³-hybridized carbons (Fsp3) is 0.364. The van der Waals surface area contributed by atoms with Crippen molar-refractivity contribution in [3.63, 3.8) is 0 Å². The van der Waals surface area contributed by atoms with Gasteiger partial charge in [-0.2, -0.15) is 4.31 Å². The molecule has 1 aromatic heterocycles. The van der Waals surface area contributed by atoms with E-state index in [2.05, 4.69) is 5.32 Å². The molecule has 0 aliphatic carbocycles. The number of hydrogen-bond donors (Lipinski definition) is 1. The van der Waals surface area contributed by atoms with Gasteiger partial charge in [0.05, 0.1) is 21.8 Å². The van der Waals surface area contributed by atoms with Crippen molar-refractivity contribution < 1.29 is 17.6 Å². The van der Waals surface area contributed by atoms with Crippen LogP contribution in [0, 0.1) is 0 Å². The molecule has 1 amide bonds. The third-order valence-electron chi connectivity index (χ3n) is 5.20. The summed E-state index contributed by atoms with van der Waals surface area (Å²) in [5, 5.41) is 2.80. The van der Waals surface area contributed by atoms with Gasteiger partial charge in [-0.3, -0.25) is 9.36 Å². The van der Waals surface area contributed by atoms with Gasteiger partial charge in [-0.1, -0.05) is 26.0 Å². The topological polar surface area (TPSA) is 105 Å². The first kappa shape index (κ1) is 23.6. The minimum Gasteiger partial charge on any atom is -0.408 e. The van der Waals surface area contributed by atoms with Crippen LogP contribution in [-0.4, -0.2) is 50.4 Å². The van der Waals surface area contributed by atoms with Crippen molar-refractivity contribution in [1.29, 1.82) is 0 Å². The van der Waals surface area contributed by atoms with E-state index in [0.717, 1.165) is 0 Å². The number of fused-ring (bicyclic) bond motifs is 1. The first-order valence-electron chi connectivity index (χ1n) is 10.4. The molecule has 0 saturated carbocycles. The van der Waals surface area contributed by atoms with Gasteiger partial charge in [-0.15, -0.1) is 0 Å². The number of para-hydroxylation sites is 2. The molecule has 32 heavy (non-hydrogen) atoms. The lowest BCUT2D eigenvalue weighted by molar-refractivity contribution is -0.116. The van der Waals surface area contributed by atoms with Gasteiger partial charge < -0.3 is 14.6 Å². The highest BCUT2D eigenvalue weighted by atomic mass is 32.2. The van der Waals surface area contributed by atoms with Gasteiger partial charge in [0.1, 0.15) is 0 Å². The Morgan fingerprint density at radius 2 is 1.78 bits per heavy atom. The summed E-state index contributed by atoms with van der Waals surface area (Å²) in [4.78, 5) is 26.7. The van der Waals surface area contributed by atoms with Crippen LogP contribution in [0.25, 0.3) is 11.1 Å². The molecule has 0 aliphatic heterocycles. The molecule has 0 bridgehead atoms. The normalized spacial score (nSPS) is 11.8. The van der Waals surface area contributed by atoms with Crippen molar-refractivity contribution in [1.82, 2.24) is 8.87 Å². The third-order valence-corrected chi connectivity index (χ3v) is 7.25. The first-order chi connectivity index (χ1) is 15.2. The summed E-state index contributed by atoms with van der Waals surface area (Å²) >= 11 is 0. The fourth-order valence-corrected chi connectivity index (χ4v) is 5.01. The number of benzene rings is 2. The van der Waals surface area contributed by atoms with Gasteiger partial charge in [0, 0.05) is 40.2 Å². The molecular weight excluding hydrogens is 432 g/mol. The van der Waals surface area contributed by atoms with Gasteiger partial charge in [0.25, 0.3) is 0 Å².